The molecule has 0 aliphatic carbocycles. The molecule has 2 aromatic carbocycles. The topological polar surface area (TPSA) is 72.4 Å². The van der Waals surface area contributed by atoms with Crippen LogP contribution in [0.4, 0.5) is 8.78 Å². The lowest BCUT2D eigenvalue weighted by molar-refractivity contribution is 0.318. The van der Waals surface area contributed by atoms with Crippen LogP contribution in [0, 0.1) is 11.6 Å². The molecular formula is C20H19F2N3O3S2. The van der Waals surface area contributed by atoms with Gasteiger partial charge < -0.3 is 4.74 Å². The number of rotatable bonds is 5. The molecule has 1 aromatic heterocycles. The maximum absolute atomic E-state index is 13.5. The lowest BCUT2D eigenvalue weighted by Crippen LogP contribution is -2.38. The number of ether oxygens (including phenoxy) is 1. The van der Waals surface area contributed by atoms with E-state index in [0.29, 0.717) is 24.7 Å². The van der Waals surface area contributed by atoms with Crippen molar-refractivity contribution in [3.8, 4) is 16.3 Å². The highest BCUT2D eigenvalue weighted by molar-refractivity contribution is 7.89. The summed E-state index contributed by atoms with van der Waals surface area (Å²) >= 11 is 1.46. The molecule has 1 aliphatic heterocycles. The molecule has 10 heteroatoms. The van der Waals surface area contributed by atoms with Crippen LogP contribution in [0.25, 0.3) is 10.6 Å². The van der Waals surface area contributed by atoms with E-state index in [2.05, 4.69) is 10.2 Å². The van der Waals surface area contributed by atoms with Gasteiger partial charge in [0.05, 0.1) is 17.6 Å². The average Bonchev–Trinajstić information content (AvgIpc) is 3.23. The number of para-hydroxylation sites is 1. The van der Waals surface area contributed by atoms with Gasteiger partial charge in [0.25, 0.3) is 0 Å². The molecule has 2 heterocycles. The monoisotopic (exact) mass is 451 g/mol. The van der Waals surface area contributed by atoms with Gasteiger partial charge >= 0.3 is 0 Å². The summed E-state index contributed by atoms with van der Waals surface area (Å²) in [5.41, 5.74) is 0.858. The molecular weight excluding hydrogens is 432 g/mol. The van der Waals surface area contributed by atoms with Crippen molar-refractivity contribution in [2.24, 2.45) is 0 Å². The predicted octanol–water partition coefficient (Wildman–Crippen LogP) is 4.06. The van der Waals surface area contributed by atoms with Gasteiger partial charge in [-0.1, -0.05) is 23.5 Å². The van der Waals surface area contributed by atoms with Crippen molar-refractivity contribution in [2.45, 2.75) is 23.7 Å². The Hall–Kier alpha value is -2.43. The number of hydrogen-bond acceptors (Lipinski definition) is 6. The van der Waals surface area contributed by atoms with Crippen LogP contribution in [-0.2, 0) is 10.0 Å². The Kier molecular flexibility index (Phi) is 5.81. The first-order chi connectivity index (χ1) is 14.4. The number of aromatic nitrogens is 2. The van der Waals surface area contributed by atoms with E-state index in [0.717, 1.165) is 27.7 Å². The molecule has 1 saturated heterocycles. The van der Waals surface area contributed by atoms with Gasteiger partial charge in [0.1, 0.15) is 22.4 Å². The maximum Gasteiger partial charge on any atom is 0.243 e. The summed E-state index contributed by atoms with van der Waals surface area (Å²) < 4.78 is 59.1. The van der Waals surface area contributed by atoms with E-state index < -0.39 is 21.7 Å². The van der Waals surface area contributed by atoms with Crippen LogP contribution in [0.2, 0.25) is 0 Å². The molecule has 4 rings (SSSR count). The lowest BCUT2D eigenvalue weighted by Gasteiger charge is -2.30. The van der Waals surface area contributed by atoms with Crippen LogP contribution < -0.4 is 4.74 Å². The summed E-state index contributed by atoms with van der Waals surface area (Å²) in [4.78, 5) is -0.368. The summed E-state index contributed by atoms with van der Waals surface area (Å²) in [5.74, 6) is -1.05. The van der Waals surface area contributed by atoms with Crippen LogP contribution in [-0.4, -0.2) is 43.1 Å². The SMILES string of the molecule is COc1ccccc1-c1nnc(C2CCN(S(=O)(=O)c3cc(F)cc(F)c3)CC2)s1. The van der Waals surface area contributed by atoms with Crippen molar-refractivity contribution < 1.29 is 21.9 Å². The van der Waals surface area contributed by atoms with Crippen molar-refractivity contribution in [1.29, 1.82) is 0 Å². The van der Waals surface area contributed by atoms with Crippen molar-refractivity contribution in [3.05, 3.63) is 59.1 Å². The zero-order valence-electron chi connectivity index (χ0n) is 16.1. The van der Waals surface area contributed by atoms with Crippen molar-refractivity contribution >= 4 is 21.4 Å². The second-order valence-corrected chi connectivity index (χ2v) is 9.88. The Balaban J connectivity index is 1.48. The van der Waals surface area contributed by atoms with Gasteiger partial charge in [-0.15, -0.1) is 10.2 Å². The third kappa shape index (κ3) is 4.07. The highest BCUT2D eigenvalue weighted by atomic mass is 32.2. The highest BCUT2D eigenvalue weighted by Crippen LogP contribution is 2.37. The molecule has 0 radical (unpaired) electrons. The summed E-state index contributed by atoms with van der Waals surface area (Å²) in [5, 5.41) is 10.2. The third-order valence-corrected chi connectivity index (χ3v) is 8.05. The molecule has 0 N–H and O–H groups in total. The quantitative estimate of drug-likeness (QED) is 0.585. The predicted molar refractivity (Wildman–Crippen MR) is 109 cm³/mol. The second-order valence-electron chi connectivity index (χ2n) is 6.93. The fraction of sp³-hybridized carbons (Fsp3) is 0.300. The van der Waals surface area contributed by atoms with Gasteiger partial charge in [-0.05, 0) is 37.1 Å². The number of hydrogen-bond donors (Lipinski definition) is 0. The molecule has 30 heavy (non-hydrogen) atoms. The molecule has 6 nitrogen and oxygen atoms in total. The van der Waals surface area contributed by atoms with Crippen LogP contribution in [0.15, 0.2) is 47.4 Å². The zero-order valence-corrected chi connectivity index (χ0v) is 17.7. The van der Waals surface area contributed by atoms with E-state index in [-0.39, 0.29) is 23.9 Å². The Morgan fingerprint density at radius 2 is 1.73 bits per heavy atom. The van der Waals surface area contributed by atoms with E-state index in [1.54, 1.807) is 7.11 Å². The number of halogens is 2. The van der Waals surface area contributed by atoms with E-state index in [4.69, 9.17) is 4.74 Å². The van der Waals surface area contributed by atoms with Crippen LogP contribution in [0.3, 0.4) is 0 Å². The lowest BCUT2D eigenvalue weighted by atomic mass is 9.99. The molecule has 0 atom stereocenters. The third-order valence-electron chi connectivity index (χ3n) is 5.06. The van der Waals surface area contributed by atoms with Gasteiger partial charge in [0.2, 0.25) is 10.0 Å². The number of piperidine rings is 1. The molecule has 0 spiro atoms. The van der Waals surface area contributed by atoms with Gasteiger partial charge in [-0.3, -0.25) is 0 Å². The number of methoxy groups -OCH3 is 1. The summed E-state index contributed by atoms with van der Waals surface area (Å²) in [6, 6.07) is 9.89. The normalized spacial score (nSPS) is 16.0. The van der Waals surface area contributed by atoms with E-state index in [1.165, 1.54) is 15.6 Å². The zero-order chi connectivity index (χ0) is 21.3. The Bertz CT molecular complexity index is 1140. The van der Waals surface area contributed by atoms with Gasteiger partial charge in [-0.2, -0.15) is 4.31 Å². The van der Waals surface area contributed by atoms with Crippen molar-refractivity contribution in [1.82, 2.24) is 14.5 Å². The molecule has 3 aromatic rings. The molecule has 0 unspecified atom stereocenters. The fourth-order valence-corrected chi connectivity index (χ4v) is 6.05. The summed E-state index contributed by atoms with van der Waals surface area (Å²) in [6.45, 7) is 0.489. The smallest absolute Gasteiger partial charge is 0.243 e. The minimum absolute atomic E-state index is 0.0710. The Morgan fingerprint density at radius 1 is 1.07 bits per heavy atom. The van der Waals surface area contributed by atoms with E-state index >= 15 is 0 Å². The average molecular weight is 452 g/mol. The molecule has 158 valence electrons. The molecule has 0 bridgehead atoms. The van der Waals surface area contributed by atoms with Crippen molar-refractivity contribution in [3.63, 3.8) is 0 Å². The minimum Gasteiger partial charge on any atom is -0.496 e. The molecule has 0 amide bonds. The van der Waals surface area contributed by atoms with Crippen molar-refractivity contribution in [2.75, 3.05) is 20.2 Å². The standard InChI is InChI=1S/C20H19F2N3O3S2/c1-28-18-5-3-2-4-17(18)20-24-23-19(29-20)13-6-8-25(9-7-13)30(26,27)16-11-14(21)10-15(22)12-16/h2-5,10-13H,6-9H2,1H3. The molecule has 1 fully saturated rings. The van der Waals surface area contributed by atoms with Crippen LogP contribution in [0.5, 0.6) is 5.75 Å². The molecule has 1 aliphatic rings. The Labute approximate surface area is 177 Å². The summed E-state index contributed by atoms with van der Waals surface area (Å²) in [6.07, 6.45) is 1.11. The fourth-order valence-electron chi connectivity index (χ4n) is 3.50. The number of nitrogens with zero attached hydrogens (tertiary/aromatic N) is 3. The second kappa shape index (κ2) is 8.37. The largest absolute Gasteiger partial charge is 0.496 e. The first-order valence-corrected chi connectivity index (χ1v) is 11.6. The van der Waals surface area contributed by atoms with Gasteiger partial charge in [0, 0.05) is 25.1 Å². The summed E-state index contributed by atoms with van der Waals surface area (Å²) in [7, 11) is -2.36. The first-order valence-electron chi connectivity index (χ1n) is 9.31. The van der Waals surface area contributed by atoms with Crippen LogP contribution >= 0.6 is 11.3 Å². The van der Waals surface area contributed by atoms with Gasteiger partial charge in [-0.25, -0.2) is 17.2 Å². The number of benzene rings is 2. The van der Waals surface area contributed by atoms with Gasteiger partial charge in [0.15, 0.2) is 5.01 Å². The van der Waals surface area contributed by atoms with E-state index in [1.807, 2.05) is 24.3 Å². The van der Waals surface area contributed by atoms with Crippen LogP contribution in [0.1, 0.15) is 23.8 Å². The van der Waals surface area contributed by atoms with E-state index in [9.17, 15) is 17.2 Å². The number of sulfonamides is 1. The maximum atomic E-state index is 13.5. The Morgan fingerprint density at radius 3 is 2.40 bits per heavy atom. The minimum atomic E-state index is -3.96. The molecule has 0 saturated carbocycles. The highest BCUT2D eigenvalue weighted by Gasteiger charge is 2.32. The first kappa shape index (κ1) is 20.8.